The molecule has 1 fully saturated rings. The fourth-order valence-electron chi connectivity index (χ4n) is 3.88. The Labute approximate surface area is 120 Å². The monoisotopic (exact) mass is 263 g/mol. The molecule has 19 heavy (non-hydrogen) atoms. The van der Waals surface area contributed by atoms with Gasteiger partial charge in [0.15, 0.2) is 0 Å². The maximum Gasteiger partial charge on any atom is 0.00219 e. The van der Waals surface area contributed by atoms with Crippen molar-refractivity contribution < 1.29 is 0 Å². The van der Waals surface area contributed by atoms with E-state index in [4.69, 9.17) is 0 Å². The summed E-state index contributed by atoms with van der Waals surface area (Å²) in [5.74, 6) is 1.79. The third-order valence-electron chi connectivity index (χ3n) is 5.02. The van der Waals surface area contributed by atoms with E-state index >= 15 is 0 Å². The summed E-state index contributed by atoms with van der Waals surface area (Å²) in [6, 6.07) is 0.623. The van der Waals surface area contributed by atoms with Crippen LogP contribution in [-0.2, 0) is 0 Å². The molecule has 0 aliphatic heterocycles. The maximum atomic E-state index is 3.72. The van der Waals surface area contributed by atoms with Crippen molar-refractivity contribution >= 4 is 0 Å². The first-order valence-electron chi connectivity index (χ1n) is 8.69. The summed E-state index contributed by atoms with van der Waals surface area (Å²) in [6.07, 6.45) is 17.0. The molecule has 1 N–H and O–H groups in total. The molecule has 0 radical (unpaired) electrons. The predicted molar refractivity (Wildman–Crippen MR) is 84.4 cm³/mol. The number of hydrogen-bond acceptors (Lipinski definition) is 1. The molecule has 1 unspecified atom stereocenters. The topological polar surface area (TPSA) is 12.0 Å². The fraction of sp³-hybridized carbons (Fsp3) is 0.889. The van der Waals surface area contributed by atoms with E-state index in [2.05, 4.69) is 25.2 Å². The van der Waals surface area contributed by atoms with E-state index in [1.807, 2.05) is 0 Å². The molecule has 2 aliphatic rings. The summed E-state index contributed by atoms with van der Waals surface area (Å²) in [6.45, 7) is 5.77. The molecule has 1 atom stereocenters. The molecule has 0 aromatic rings. The van der Waals surface area contributed by atoms with Crippen LogP contribution in [0.5, 0.6) is 0 Å². The van der Waals surface area contributed by atoms with Crippen molar-refractivity contribution in [2.24, 2.45) is 11.8 Å². The zero-order valence-corrected chi connectivity index (χ0v) is 13.1. The first-order chi connectivity index (χ1) is 9.27. The summed E-state index contributed by atoms with van der Waals surface area (Å²) in [5, 5.41) is 3.72. The van der Waals surface area contributed by atoms with E-state index in [-0.39, 0.29) is 0 Å². The highest BCUT2D eigenvalue weighted by Gasteiger charge is 2.26. The lowest BCUT2D eigenvalue weighted by Crippen LogP contribution is -2.34. The second-order valence-corrected chi connectivity index (χ2v) is 6.95. The molecule has 0 amide bonds. The second-order valence-electron chi connectivity index (χ2n) is 6.95. The summed E-state index contributed by atoms with van der Waals surface area (Å²) in [5.41, 5.74) is 1.80. The molecule has 0 aromatic carbocycles. The molecule has 0 heterocycles. The third-order valence-corrected chi connectivity index (χ3v) is 5.02. The Kier molecular flexibility index (Phi) is 6.43. The maximum absolute atomic E-state index is 3.72. The van der Waals surface area contributed by atoms with E-state index in [1.54, 1.807) is 5.57 Å². The smallest absolute Gasteiger partial charge is 0.00219 e. The van der Waals surface area contributed by atoms with Gasteiger partial charge in [-0.1, -0.05) is 51.2 Å². The molecule has 0 aromatic heterocycles. The van der Waals surface area contributed by atoms with Crippen molar-refractivity contribution in [3.63, 3.8) is 0 Å². The number of allylic oxidation sites excluding steroid dienone is 1. The van der Waals surface area contributed by atoms with Gasteiger partial charge >= 0.3 is 0 Å². The molecule has 2 aliphatic carbocycles. The Morgan fingerprint density at radius 2 is 1.79 bits per heavy atom. The quantitative estimate of drug-likeness (QED) is 0.539. The van der Waals surface area contributed by atoms with Gasteiger partial charge in [-0.05, 0) is 50.4 Å². The van der Waals surface area contributed by atoms with Gasteiger partial charge in [-0.3, -0.25) is 0 Å². The zero-order chi connectivity index (χ0) is 13.5. The summed E-state index contributed by atoms with van der Waals surface area (Å²) in [7, 11) is 0. The highest BCUT2D eigenvalue weighted by Crippen LogP contribution is 2.36. The minimum absolute atomic E-state index is 0.623. The van der Waals surface area contributed by atoms with Crippen molar-refractivity contribution in [1.82, 2.24) is 5.32 Å². The highest BCUT2D eigenvalue weighted by atomic mass is 14.9. The van der Waals surface area contributed by atoms with E-state index < -0.39 is 0 Å². The Balaban J connectivity index is 2.00. The first kappa shape index (κ1) is 15.1. The third kappa shape index (κ3) is 4.95. The summed E-state index contributed by atoms with van der Waals surface area (Å²) >= 11 is 0. The van der Waals surface area contributed by atoms with Gasteiger partial charge in [0.25, 0.3) is 0 Å². The largest absolute Gasteiger partial charge is 0.314 e. The van der Waals surface area contributed by atoms with Crippen LogP contribution in [0.3, 0.4) is 0 Å². The van der Waals surface area contributed by atoms with E-state index in [9.17, 15) is 0 Å². The van der Waals surface area contributed by atoms with Crippen LogP contribution in [0.15, 0.2) is 11.6 Å². The van der Waals surface area contributed by atoms with Gasteiger partial charge in [-0.2, -0.15) is 0 Å². The van der Waals surface area contributed by atoms with Crippen LogP contribution in [-0.4, -0.2) is 12.6 Å². The van der Waals surface area contributed by atoms with Crippen molar-refractivity contribution in [2.75, 3.05) is 6.54 Å². The molecule has 1 saturated carbocycles. The lowest BCUT2D eigenvalue weighted by Gasteiger charge is -2.31. The van der Waals surface area contributed by atoms with Crippen LogP contribution in [0.2, 0.25) is 0 Å². The fourth-order valence-corrected chi connectivity index (χ4v) is 3.88. The normalized spacial score (nSPS) is 24.1. The van der Waals surface area contributed by atoms with Crippen LogP contribution >= 0.6 is 0 Å². The van der Waals surface area contributed by atoms with Crippen molar-refractivity contribution in [1.29, 1.82) is 0 Å². The average Bonchev–Trinajstić information content (AvgIpc) is 2.69. The molecule has 110 valence electrons. The number of nitrogens with one attached hydrogen (secondary N) is 1. The Bertz CT molecular complexity index is 271. The van der Waals surface area contributed by atoms with Crippen LogP contribution < -0.4 is 5.32 Å². The van der Waals surface area contributed by atoms with Crippen LogP contribution in [0.4, 0.5) is 0 Å². The van der Waals surface area contributed by atoms with Crippen molar-refractivity contribution in [3.05, 3.63) is 11.6 Å². The van der Waals surface area contributed by atoms with E-state index in [0.29, 0.717) is 6.04 Å². The lowest BCUT2D eigenvalue weighted by molar-refractivity contribution is 0.307. The molecular weight excluding hydrogens is 230 g/mol. The molecule has 0 spiro atoms. The molecule has 1 nitrogen and oxygen atoms in total. The molecular formula is C18H33N. The standard InChI is InChI=1S/C18H33N/c1-15(2)19-14-18(17-12-8-5-9-13-17)16-10-6-3-4-7-11-16/h12,15-16,18-19H,3-11,13-14H2,1-2H3. The zero-order valence-electron chi connectivity index (χ0n) is 13.1. The van der Waals surface area contributed by atoms with Gasteiger partial charge < -0.3 is 5.32 Å². The SMILES string of the molecule is CC(C)NCC(C1=CCCCC1)C1CCCCCC1. The van der Waals surface area contributed by atoms with Crippen molar-refractivity contribution in [2.45, 2.75) is 84.1 Å². The van der Waals surface area contributed by atoms with Crippen LogP contribution in [0, 0.1) is 11.8 Å². The van der Waals surface area contributed by atoms with Crippen LogP contribution in [0.1, 0.15) is 78.1 Å². The van der Waals surface area contributed by atoms with E-state index in [0.717, 1.165) is 11.8 Å². The second kappa shape index (κ2) is 8.09. The first-order valence-corrected chi connectivity index (χ1v) is 8.69. The van der Waals surface area contributed by atoms with Crippen molar-refractivity contribution in [3.8, 4) is 0 Å². The van der Waals surface area contributed by atoms with Gasteiger partial charge in [-0.15, -0.1) is 0 Å². The highest BCUT2D eigenvalue weighted by molar-refractivity contribution is 5.11. The summed E-state index contributed by atoms with van der Waals surface area (Å²) < 4.78 is 0. The van der Waals surface area contributed by atoms with E-state index in [1.165, 1.54) is 70.8 Å². The average molecular weight is 263 g/mol. The van der Waals surface area contributed by atoms with Gasteiger partial charge in [0.2, 0.25) is 0 Å². The predicted octanol–water partition coefficient (Wildman–Crippen LogP) is 5.07. The Morgan fingerprint density at radius 3 is 2.37 bits per heavy atom. The Hall–Kier alpha value is -0.300. The molecule has 2 rings (SSSR count). The minimum Gasteiger partial charge on any atom is -0.314 e. The summed E-state index contributed by atoms with van der Waals surface area (Å²) in [4.78, 5) is 0. The van der Waals surface area contributed by atoms with Crippen LogP contribution in [0.25, 0.3) is 0 Å². The molecule has 0 bridgehead atoms. The molecule has 1 heteroatoms. The Morgan fingerprint density at radius 1 is 1.05 bits per heavy atom. The molecule has 0 saturated heterocycles. The number of rotatable bonds is 5. The lowest BCUT2D eigenvalue weighted by atomic mass is 9.77. The minimum atomic E-state index is 0.623. The van der Waals surface area contributed by atoms with Gasteiger partial charge in [0.1, 0.15) is 0 Å². The van der Waals surface area contributed by atoms with Gasteiger partial charge in [-0.25, -0.2) is 0 Å². The number of hydrogen-bond donors (Lipinski definition) is 1. The van der Waals surface area contributed by atoms with Gasteiger partial charge in [0.05, 0.1) is 0 Å². The van der Waals surface area contributed by atoms with Gasteiger partial charge in [0, 0.05) is 12.6 Å².